The zero-order valence-corrected chi connectivity index (χ0v) is 12.7. The summed E-state index contributed by atoms with van der Waals surface area (Å²) < 4.78 is 27.1. The van der Waals surface area contributed by atoms with Gasteiger partial charge in [-0.15, -0.1) is 0 Å². The third-order valence-electron chi connectivity index (χ3n) is 4.55. The van der Waals surface area contributed by atoms with Crippen LogP contribution in [0.3, 0.4) is 0 Å². The summed E-state index contributed by atoms with van der Waals surface area (Å²) in [6.07, 6.45) is 4.20. The van der Waals surface area contributed by atoms with Gasteiger partial charge in [0.25, 0.3) is 0 Å². The van der Waals surface area contributed by atoms with Crippen molar-refractivity contribution >= 4 is 10.0 Å². The van der Waals surface area contributed by atoms with Crippen LogP contribution in [0.1, 0.15) is 24.8 Å². The van der Waals surface area contributed by atoms with E-state index in [4.69, 9.17) is 0 Å². The zero-order valence-electron chi connectivity index (χ0n) is 11.9. The number of rotatable bonds is 5. The van der Waals surface area contributed by atoms with E-state index in [-0.39, 0.29) is 6.04 Å². The first-order valence-corrected chi connectivity index (χ1v) is 8.80. The standard InChI is InChI=1S/C15H22N2O2S/c1-16-9-8-12-3-6-15(7-4-12)20(18,19)17-11-13-2-5-14(17)10-13/h3-4,6-7,13-14,16H,2,5,8-11H2,1H3. The Morgan fingerprint density at radius 2 is 2.00 bits per heavy atom. The van der Waals surface area contributed by atoms with Crippen LogP contribution in [0.5, 0.6) is 0 Å². The second kappa shape index (κ2) is 5.47. The lowest BCUT2D eigenvalue weighted by Crippen LogP contribution is -2.37. The van der Waals surface area contributed by atoms with Crippen molar-refractivity contribution in [1.82, 2.24) is 9.62 Å². The molecule has 1 aromatic rings. The number of benzene rings is 1. The van der Waals surface area contributed by atoms with Crippen molar-refractivity contribution in [2.45, 2.75) is 36.6 Å². The summed E-state index contributed by atoms with van der Waals surface area (Å²) >= 11 is 0. The topological polar surface area (TPSA) is 49.4 Å². The third-order valence-corrected chi connectivity index (χ3v) is 6.49. The largest absolute Gasteiger partial charge is 0.319 e. The molecule has 1 aromatic carbocycles. The number of fused-ring (bicyclic) bond motifs is 2. The molecule has 5 heteroatoms. The summed E-state index contributed by atoms with van der Waals surface area (Å²) in [7, 11) is -1.37. The molecule has 3 rings (SSSR count). The van der Waals surface area contributed by atoms with Crippen LogP contribution in [0.2, 0.25) is 0 Å². The van der Waals surface area contributed by atoms with Crippen molar-refractivity contribution in [3.63, 3.8) is 0 Å². The fourth-order valence-electron chi connectivity index (χ4n) is 3.41. The van der Waals surface area contributed by atoms with Crippen molar-refractivity contribution in [2.24, 2.45) is 5.92 Å². The molecule has 4 nitrogen and oxygen atoms in total. The lowest BCUT2D eigenvalue weighted by atomic mass is 10.1. The Balaban J connectivity index is 1.77. The van der Waals surface area contributed by atoms with Crippen LogP contribution in [0.25, 0.3) is 0 Å². The van der Waals surface area contributed by atoms with E-state index in [1.54, 1.807) is 16.4 Å². The highest BCUT2D eigenvalue weighted by Gasteiger charge is 2.44. The second-order valence-electron chi connectivity index (χ2n) is 5.91. The van der Waals surface area contributed by atoms with Gasteiger partial charge in [-0.05, 0) is 62.9 Å². The smallest absolute Gasteiger partial charge is 0.243 e. The lowest BCUT2D eigenvalue weighted by Gasteiger charge is -2.26. The molecule has 2 fully saturated rings. The van der Waals surface area contributed by atoms with Crippen LogP contribution in [0, 0.1) is 5.92 Å². The fraction of sp³-hybridized carbons (Fsp3) is 0.600. The first kappa shape index (κ1) is 14.0. The molecule has 1 N–H and O–H groups in total. The molecule has 0 aromatic heterocycles. The van der Waals surface area contributed by atoms with Crippen LogP contribution >= 0.6 is 0 Å². The van der Waals surface area contributed by atoms with Crippen molar-refractivity contribution in [3.8, 4) is 0 Å². The van der Waals surface area contributed by atoms with Gasteiger partial charge in [0, 0.05) is 12.6 Å². The molecule has 0 radical (unpaired) electrons. The number of sulfonamides is 1. The van der Waals surface area contributed by atoms with Crippen molar-refractivity contribution in [3.05, 3.63) is 29.8 Å². The maximum Gasteiger partial charge on any atom is 0.243 e. The lowest BCUT2D eigenvalue weighted by molar-refractivity contribution is 0.333. The number of piperidine rings is 1. The maximum atomic E-state index is 12.7. The Bertz CT molecular complexity index is 568. The summed E-state index contributed by atoms with van der Waals surface area (Å²) in [5.74, 6) is 0.588. The normalized spacial score (nSPS) is 26.2. The molecule has 2 unspecified atom stereocenters. The van der Waals surface area contributed by atoms with Crippen LogP contribution < -0.4 is 5.32 Å². The van der Waals surface area contributed by atoms with Gasteiger partial charge in [-0.25, -0.2) is 8.42 Å². The number of likely N-dealkylation sites (N-methyl/N-ethyl adjacent to an activating group) is 1. The number of hydrogen-bond acceptors (Lipinski definition) is 3. The second-order valence-corrected chi connectivity index (χ2v) is 7.80. The van der Waals surface area contributed by atoms with E-state index in [9.17, 15) is 8.42 Å². The van der Waals surface area contributed by atoms with E-state index in [1.165, 1.54) is 12.0 Å². The molecule has 20 heavy (non-hydrogen) atoms. The van der Waals surface area contributed by atoms with Crippen molar-refractivity contribution in [2.75, 3.05) is 20.1 Å². The van der Waals surface area contributed by atoms with Gasteiger partial charge >= 0.3 is 0 Å². The van der Waals surface area contributed by atoms with E-state index in [0.29, 0.717) is 17.4 Å². The molecule has 1 saturated carbocycles. The van der Waals surface area contributed by atoms with Crippen LogP contribution in [0.15, 0.2) is 29.2 Å². The Morgan fingerprint density at radius 3 is 2.55 bits per heavy atom. The predicted octanol–water partition coefficient (Wildman–Crippen LogP) is 1.62. The van der Waals surface area contributed by atoms with E-state index in [2.05, 4.69) is 5.32 Å². The highest BCUT2D eigenvalue weighted by molar-refractivity contribution is 7.89. The van der Waals surface area contributed by atoms with Crippen LogP contribution in [0.4, 0.5) is 0 Å². The molecule has 1 aliphatic heterocycles. The average Bonchev–Trinajstić information content (AvgIpc) is 3.08. The minimum atomic E-state index is -3.29. The van der Waals surface area contributed by atoms with Gasteiger partial charge in [0.2, 0.25) is 10.0 Å². The summed E-state index contributed by atoms with van der Waals surface area (Å²) in [6.45, 7) is 1.62. The van der Waals surface area contributed by atoms with Crippen molar-refractivity contribution < 1.29 is 8.42 Å². The summed E-state index contributed by atoms with van der Waals surface area (Å²) in [4.78, 5) is 0.443. The molecule has 0 spiro atoms. The quantitative estimate of drug-likeness (QED) is 0.898. The first-order valence-electron chi connectivity index (χ1n) is 7.36. The van der Waals surface area contributed by atoms with Gasteiger partial charge in [0.15, 0.2) is 0 Å². The van der Waals surface area contributed by atoms with Gasteiger partial charge < -0.3 is 5.32 Å². The van der Waals surface area contributed by atoms with Gasteiger partial charge in [-0.2, -0.15) is 4.31 Å². The Morgan fingerprint density at radius 1 is 1.25 bits per heavy atom. The van der Waals surface area contributed by atoms with Gasteiger partial charge in [0.05, 0.1) is 4.90 Å². The van der Waals surface area contributed by atoms with Crippen molar-refractivity contribution in [1.29, 1.82) is 0 Å². The highest BCUT2D eigenvalue weighted by atomic mass is 32.2. The minimum absolute atomic E-state index is 0.244. The Hall–Kier alpha value is -0.910. The van der Waals surface area contributed by atoms with Gasteiger partial charge in [-0.1, -0.05) is 12.1 Å². The predicted molar refractivity (Wildman–Crippen MR) is 79.1 cm³/mol. The molecule has 2 aliphatic rings. The number of nitrogens with zero attached hydrogens (tertiary/aromatic N) is 1. The molecular formula is C15H22N2O2S. The number of hydrogen-bond donors (Lipinski definition) is 1. The molecule has 0 amide bonds. The van der Waals surface area contributed by atoms with Gasteiger partial charge in [-0.3, -0.25) is 0 Å². The summed E-state index contributed by atoms with van der Waals surface area (Å²) in [6, 6.07) is 7.62. The molecular weight excluding hydrogens is 272 g/mol. The molecule has 2 bridgehead atoms. The Labute approximate surface area is 121 Å². The third kappa shape index (κ3) is 2.50. The number of nitrogens with one attached hydrogen (secondary N) is 1. The Kier molecular flexibility index (Phi) is 3.84. The van der Waals surface area contributed by atoms with E-state index in [0.717, 1.165) is 25.8 Å². The fourth-order valence-corrected chi connectivity index (χ4v) is 5.15. The van der Waals surface area contributed by atoms with E-state index < -0.39 is 10.0 Å². The zero-order chi connectivity index (χ0) is 14.2. The maximum absolute atomic E-state index is 12.7. The molecule has 1 heterocycles. The van der Waals surface area contributed by atoms with Crippen LogP contribution in [-0.4, -0.2) is 38.9 Å². The molecule has 2 atom stereocenters. The molecule has 1 aliphatic carbocycles. The summed E-state index contributed by atoms with van der Waals surface area (Å²) in [5.41, 5.74) is 1.17. The van der Waals surface area contributed by atoms with Gasteiger partial charge in [0.1, 0.15) is 0 Å². The molecule has 1 saturated heterocycles. The van der Waals surface area contributed by atoms with E-state index in [1.807, 2.05) is 19.2 Å². The summed E-state index contributed by atoms with van der Waals surface area (Å²) in [5, 5.41) is 3.10. The SMILES string of the molecule is CNCCc1ccc(S(=O)(=O)N2CC3CCC2C3)cc1. The first-order chi connectivity index (χ1) is 9.61. The monoisotopic (exact) mass is 294 g/mol. The molecule has 110 valence electrons. The van der Waals surface area contributed by atoms with Crippen LogP contribution in [-0.2, 0) is 16.4 Å². The minimum Gasteiger partial charge on any atom is -0.319 e. The van der Waals surface area contributed by atoms with E-state index >= 15 is 0 Å². The highest BCUT2D eigenvalue weighted by Crippen LogP contribution is 2.40. The average molecular weight is 294 g/mol.